The van der Waals surface area contributed by atoms with E-state index in [1.54, 1.807) is 6.07 Å². The van der Waals surface area contributed by atoms with Crippen molar-refractivity contribution in [2.24, 2.45) is 0 Å². The first-order chi connectivity index (χ1) is 7.75. The molecule has 2 rings (SSSR count). The second-order valence-electron chi connectivity index (χ2n) is 3.35. The maximum absolute atomic E-state index is 10.6. The first-order valence-corrected chi connectivity index (χ1v) is 5.62. The van der Waals surface area contributed by atoms with Crippen LogP contribution in [-0.2, 0) is 0 Å². The van der Waals surface area contributed by atoms with Crippen LogP contribution in [-0.4, -0.2) is 22.2 Å². The monoisotopic (exact) mass is 223 g/mol. The summed E-state index contributed by atoms with van der Waals surface area (Å²) in [5.74, 6) is -0.425. The number of hydrogen-bond acceptors (Lipinski definition) is 3. The lowest BCUT2D eigenvalue weighted by atomic mass is 9.96. The Kier molecular flexibility index (Phi) is 4.76. The van der Waals surface area contributed by atoms with E-state index in [1.165, 1.54) is 18.7 Å². The molecule has 4 nitrogen and oxygen atoms in total. The number of rotatable bonds is 3. The predicted octanol–water partition coefficient (Wildman–Crippen LogP) is 2.74. The van der Waals surface area contributed by atoms with Gasteiger partial charge in [-0.3, -0.25) is 0 Å². The summed E-state index contributed by atoms with van der Waals surface area (Å²) in [7, 11) is 0. The van der Waals surface area contributed by atoms with E-state index in [2.05, 4.69) is 4.98 Å². The minimum Gasteiger partial charge on any atom is -0.490 e. The molecule has 1 saturated carbocycles. The van der Waals surface area contributed by atoms with Crippen molar-refractivity contribution >= 4 is 5.97 Å². The largest absolute Gasteiger partial charge is 0.490 e. The fourth-order valence-corrected chi connectivity index (χ4v) is 1.28. The maximum Gasteiger partial charge on any atom is 0.354 e. The van der Waals surface area contributed by atoms with E-state index in [9.17, 15) is 4.79 Å². The fraction of sp³-hybridized carbons (Fsp3) is 0.500. The van der Waals surface area contributed by atoms with Crippen molar-refractivity contribution in [1.82, 2.24) is 4.98 Å². The maximum atomic E-state index is 10.6. The highest BCUT2D eigenvalue weighted by Crippen LogP contribution is 2.24. The Morgan fingerprint density at radius 3 is 2.69 bits per heavy atom. The molecule has 0 bridgehead atoms. The van der Waals surface area contributed by atoms with Crippen LogP contribution in [0.4, 0.5) is 0 Å². The van der Waals surface area contributed by atoms with Gasteiger partial charge in [0.15, 0.2) is 5.69 Å². The number of carbonyl (C=O) groups is 1. The van der Waals surface area contributed by atoms with E-state index in [1.807, 2.05) is 13.8 Å². The van der Waals surface area contributed by atoms with Crippen molar-refractivity contribution in [3.8, 4) is 5.75 Å². The van der Waals surface area contributed by atoms with E-state index in [0.29, 0.717) is 5.75 Å². The number of ether oxygens (including phenoxy) is 1. The minimum absolute atomic E-state index is 0.0295. The molecular formula is C12H17NO3. The smallest absolute Gasteiger partial charge is 0.354 e. The average Bonchev–Trinajstić information content (AvgIpc) is 2.27. The van der Waals surface area contributed by atoms with Crippen molar-refractivity contribution in [3.63, 3.8) is 0 Å². The molecule has 1 aromatic rings. The van der Waals surface area contributed by atoms with Crippen LogP contribution in [0, 0.1) is 0 Å². The highest BCUT2D eigenvalue weighted by Gasteiger charge is 2.19. The molecule has 1 heterocycles. The SMILES string of the molecule is CC.O=C(O)c1cc(OC2CCC2)ccn1. The van der Waals surface area contributed by atoms with Gasteiger partial charge in [-0.2, -0.15) is 0 Å². The van der Waals surface area contributed by atoms with Gasteiger partial charge in [-0.25, -0.2) is 9.78 Å². The van der Waals surface area contributed by atoms with Gasteiger partial charge in [-0.05, 0) is 25.3 Å². The molecule has 0 amide bonds. The third kappa shape index (κ3) is 3.22. The van der Waals surface area contributed by atoms with Gasteiger partial charge in [-0.1, -0.05) is 13.8 Å². The van der Waals surface area contributed by atoms with Crippen LogP contribution in [0.3, 0.4) is 0 Å². The van der Waals surface area contributed by atoms with Gasteiger partial charge in [0.05, 0.1) is 6.10 Å². The lowest BCUT2D eigenvalue weighted by molar-refractivity contribution is 0.0688. The molecule has 0 unspecified atom stereocenters. The van der Waals surface area contributed by atoms with E-state index in [4.69, 9.17) is 9.84 Å². The minimum atomic E-state index is -1.02. The molecule has 1 aromatic heterocycles. The molecule has 4 heteroatoms. The third-order valence-corrected chi connectivity index (χ3v) is 2.31. The van der Waals surface area contributed by atoms with Gasteiger partial charge in [-0.15, -0.1) is 0 Å². The summed E-state index contributed by atoms with van der Waals surface area (Å²) in [5, 5.41) is 8.70. The summed E-state index contributed by atoms with van der Waals surface area (Å²) >= 11 is 0. The van der Waals surface area contributed by atoms with Crippen LogP contribution < -0.4 is 4.74 Å². The van der Waals surface area contributed by atoms with Crippen LogP contribution in [0.1, 0.15) is 43.6 Å². The van der Waals surface area contributed by atoms with Gasteiger partial charge in [0, 0.05) is 12.3 Å². The first kappa shape index (κ1) is 12.5. The molecule has 0 radical (unpaired) electrons. The van der Waals surface area contributed by atoms with Gasteiger partial charge in [0.1, 0.15) is 5.75 Å². The fourth-order valence-electron chi connectivity index (χ4n) is 1.28. The van der Waals surface area contributed by atoms with Crippen LogP contribution in [0.2, 0.25) is 0 Å². The van der Waals surface area contributed by atoms with Crippen molar-refractivity contribution in [3.05, 3.63) is 24.0 Å². The van der Waals surface area contributed by atoms with Crippen LogP contribution in [0.25, 0.3) is 0 Å². The number of aromatic carboxylic acids is 1. The molecule has 16 heavy (non-hydrogen) atoms. The van der Waals surface area contributed by atoms with Crippen LogP contribution in [0.5, 0.6) is 5.75 Å². The Balaban J connectivity index is 0.000000606. The molecule has 0 aromatic carbocycles. The number of nitrogens with zero attached hydrogens (tertiary/aromatic N) is 1. The summed E-state index contributed by atoms with van der Waals surface area (Å²) in [4.78, 5) is 14.3. The summed E-state index contributed by atoms with van der Waals surface area (Å²) in [5.41, 5.74) is 0.0295. The number of hydrogen-bond donors (Lipinski definition) is 1. The predicted molar refractivity (Wildman–Crippen MR) is 60.8 cm³/mol. The van der Waals surface area contributed by atoms with E-state index in [0.717, 1.165) is 12.8 Å². The Morgan fingerprint density at radius 2 is 2.19 bits per heavy atom. The Bertz CT molecular complexity index is 348. The standard InChI is InChI=1S/C10H11NO3.C2H6/c12-10(13)9-6-8(4-5-11-9)14-7-2-1-3-7;1-2/h4-7H,1-3H2,(H,12,13);1-2H3. The second kappa shape index (κ2) is 6.10. The highest BCUT2D eigenvalue weighted by molar-refractivity contribution is 5.85. The van der Waals surface area contributed by atoms with Gasteiger partial charge in [0.25, 0.3) is 0 Å². The molecule has 0 aliphatic heterocycles. The molecular weight excluding hydrogens is 206 g/mol. The molecule has 1 N–H and O–H groups in total. The zero-order valence-corrected chi connectivity index (χ0v) is 9.64. The number of pyridine rings is 1. The molecule has 1 fully saturated rings. The van der Waals surface area contributed by atoms with Gasteiger partial charge >= 0.3 is 5.97 Å². The van der Waals surface area contributed by atoms with Crippen molar-refractivity contribution in [2.45, 2.75) is 39.2 Å². The van der Waals surface area contributed by atoms with Crippen molar-refractivity contribution in [2.75, 3.05) is 0 Å². The first-order valence-electron chi connectivity index (χ1n) is 5.62. The highest BCUT2D eigenvalue weighted by atomic mass is 16.5. The van der Waals surface area contributed by atoms with E-state index in [-0.39, 0.29) is 11.8 Å². The summed E-state index contributed by atoms with van der Waals surface area (Å²) < 4.78 is 5.54. The zero-order chi connectivity index (χ0) is 12.0. The lowest BCUT2D eigenvalue weighted by Gasteiger charge is -2.26. The normalized spacial score (nSPS) is 14.4. The molecule has 0 saturated heterocycles. The molecule has 0 spiro atoms. The Labute approximate surface area is 95.3 Å². The molecule has 1 aliphatic carbocycles. The Hall–Kier alpha value is -1.58. The summed E-state index contributed by atoms with van der Waals surface area (Å²) in [6.07, 6.45) is 5.04. The van der Waals surface area contributed by atoms with Gasteiger partial charge in [0.2, 0.25) is 0 Å². The third-order valence-electron chi connectivity index (χ3n) is 2.31. The summed E-state index contributed by atoms with van der Waals surface area (Å²) in [6, 6.07) is 3.14. The molecule has 1 aliphatic rings. The topological polar surface area (TPSA) is 59.4 Å². The Morgan fingerprint density at radius 1 is 1.50 bits per heavy atom. The second-order valence-corrected chi connectivity index (χ2v) is 3.35. The number of aromatic nitrogens is 1. The van der Waals surface area contributed by atoms with E-state index < -0.39 is 5.97 Å². The molecule has 0 atom stereocenters. The quantitative estimate of drug-likeness (QED) is 0.855. The van der Waals surface area contributed by atoms with Crippen LogP contribution >= 0.6 is 0 Å². The van der Waals surface area contributed by atoms with Crippen molar-refractivity contribution in [1.29, 1.82) is 0 Å². The number of carboxylic acid groups (broad SMARTS) is 1. The molecule has 88 valence electrons. The lowest BCUT2D eigenvalue weighted by Crippen LogP contribution is -2.24. The number of carboxylic acids is 1. The zero-order valence-electron chi connectivity index (χ0n) is 9.64. The van der Waals surface area contributed by atoms with Gasteiger partial charge < -0.3 is 9.84 Å². The average molecular weight is 223 g/mol. The van der Waals surface area contributed by atoms with E-state index >= 15 is 0 Å². The van der Waals surface area contributed by atoms with Crippen LogP contribution in [0.15, 0.2) is 18.3 Å². The summed E-state index contributed by atoms with van der Waals surface area (Å²) in [6.45, 7) is 4.00. The van der Waals surface area contributed by atoms with Crippen molar-refractivity contribution < 1.29 is 14.6 Å².